The summed E-state index contributed by atoms with van der Waals surface area (Å²) in [5.74, 6) is 2.98. The fourth-order valence-electron chi connectivity index (χ4n) is 2.07. The van der Waals surface area contributed by atoms with Crippen molar-refractivity contribution in [2.45, 2.75) is 17.4 Å². The molecule has 1 heterocycles. The summed E-state index contributed by atoms with van der Waals surface area (Å²) in [7, 11) is 0. The molecule has 0 spiro atoms. The molecule has 0 aromatic heterocycles. The van der Waals surface area contributed by atoms with Crippen molar-refractivity contribution < 1.29 is 4.39 Å². The molecule has 1 aromatic rings. The molecule has 1 aliphatic heterocycles. The van der Waals surface area contributed by atoms with Crippen molar-refractivity contribution in [2.75, 3.05) is 23.8 Å². The normalized spacial score (nSPS) is 18.4. The highest BCUT2D eigenvalue weighted by Gasteiger charge is 2.22. The maximum absolute atomic E-state index is 13.7. The quantitative estimate of drug-likeness (QED) is 0.629. The fraction of sp³-hybridized carbons (Fsp3) is 0.429. The number of fused-ring (bicyclic) bond motifs is 1. The molecule has 98 valence electrons. The molecule has 0 saturated carbocycles. The molecule has 1 N–H and O–H groups in total. The minimum atomic E-state index is -0.0787. The Hall–Kier alpha value is -0.450. The third-order valence-electron chi connectivity index (χ3n) is 2.90. The predicted molar refractivity (Wildman–Crippen MR) is 80.0 cm³/mol. The second-order valence-electron chi connectivity index (χ2n) is 4.17. The standard InChI is InChI=1S/C14H18FNS2/c1-2-8-17-10-7-16-13-6-9-18-14-11(13)4-3-5-12(14)15/h2-5,13,16H,1,6-10H2. The number of nitrogens with one attached hydrogen (secondary N) is 1. The van der Waals surface area contributed by atoms with E-state index in [-0.39, 0.29) is 5.82 Å². The van der Waals surface area contributed by atoms with Gasteiger partial charge in [0.2, 0.25) is 0 Å². The van der Waals surface area contributed by atoms with Crippen LogP contribution in [0.5, 0.6) is 0 Å². The Morgan fingerprint density at radius 2 is 2.44 bits per heavy atom. The third kappa shape index (κ3) is 3.53. The minimum Gasteiger partial charge on any atom is -0.309 e. The molecule has 1 atom stereocenters. The van der Waals surface area contributed by atoms with Gasteiger partial charge in [-0.3, -0.25) is 0 Å². The molecule has 1 aromatic carbocycles. The van der Waals surface area contributed by atoms with E-state index in [9.17, 15) is 4.39 Å². The van der Waals surface area contributed by atoms with Crippen LogP contribution in [0, 0.1) is 5.82 Å². The highest BCUT2D eigenvalue weighted by molar-refractivity contribution is 7.99. The molecule has 0 saturated heterocycles. The zero-order valence-electron chi connectivity index (χ0n) is 10.3. The maximum Gasteiger partial charge on any atom is 0.137 e. The minimum absolute atomic E-state index is 0.0787. The van der Waals surface area contributed by atoms with Crippen molar-refractivity contribution >= 4 is 23.5 Å². The van der Waals surface area contributed by atoms with Gasteiger partial charge < -0.3 is 5.32 Å². The first-order valence-corrected chi connectivity index (χ1v) is 8.30. The Kier molecular flexibility index (Phi) is 5.60. The second kappa shape index (κ2) is 7.22. The predicted octanol–water partition coefficient (Wildman–Crippen LogP) is 3.87. The van der Waals surface area contributed by atoms with E-state index in [1.54, 1.807) is 23.9 Å². The average Bonchev–Trinajstić information content (AvgIpc) is 2.39. The van der Waals surface area contributed by atoms with Crippen LogP contribution < -0.4 is 5.32 Å². The second-order valence-corrected chi connectivity index (χ2v) is 6.42. The van der Waals surface area contributed by atoms with Crippen molar-refractivity contribution in [2.24, 2.45) is 0 Å². The molecule has 0 fully saturated rings. The van der Waals surface area contributed by atoms with Crippen molar-refractivity contribution in [3.05, 3.63) is 42.2 Å². The molecule has 0 aliphatic carbocycles. The van der Waals surface area contributed by atoms with Gasteiger partial charge >= 0.3 is 0 Å². The molecular formula is C14H18FNS2. The fourth-order valence-corrected chi connectivity index (χ4v) is 3.81. The molecule has 18 heavy (non-hydrogen) atoms. The number of thioether (sulfide) groups is 2. The van der Waals surface area contributed by atoms with Crippen molar-refractivity contribution in [1.82, 2.24) is 5.32 Å². The Morgan fingerprint density at radius 1 is 1.56 bits per heavy atom. The Balaban J connectivity index is 1.91. The van der Waals surface area contributed by atoms with Gasteiger partial charge in [0.05, 0.1) is 0 Å². The largest absolute Gasteiger partial charge is 0.309 e. The summed E-state index contributed by atoms with van der Waals surface area (Å²) in [4.78, 5) is 0.833. The van der Waals surface area contributed by atoms with E-state index < -0.39 is 0 Å². The van der Waals surface area contributed by atoms with Gasteiger partial charge in [-0.05, 0) is 23.8 Å². The van der Waals surface area contributed by atoms with Crippen LogP contribution in [0.15, 0.2) is 35.7 Å². The maximum atomic E-state index is 13.7. The number of hydrogen-bond donors (Lipinski definition) is 1. The van der Waals surface area contributed by atoms with Crippen LogP contribution in [0.2, 0.25) is 0 Å². The van der Waals surface area contributed by atoms with Crippen LogP contribution in [0.4, 0.5) is 4.39 Å². The van der Waals surface area contributed by atoms with Crippen LogP contribution >= 0.6 is 23.5 Å². The summed E-state index contributed by atoms with van der Waals surface area (Å²) < 4.78 is 13.7. The van der Waals surface area contributed by atoms with Gasteiger partial charge in [-0.1, -0.05) is 18.2 Å². The van der Waals surface area contributed by atoms with E-state index >= 15 is 0 Å². The Bertz CT molecular complexity index is 409. The molecule has 0 amide bonds. The van der Waals surface area contributed by atoms with E-state index in [1.807, 2.05) is 23.9 Å². The summed E-state index contributed by atoms with van der Waals surface area (Å²) in [6.07, 6.45) is 3.00. The summed E-state index contributed by atoms with van der Waals surface area (Å²) in [6.45, 7) is 4.66. The summed E-state index contributed by atoms with van der Waals surface area (Å²) >= 11 is 3.50. The lowest BCUT2D eigenvalue weighted by Gasteiger charge is -2.26. The monoisotopic (exact) mass is 283 g/mol. The molecule has 4 heteroatoms. The molecule has 1 unspecified atom stereocenters. The van der Waals surface area contributed by atoms with Gasteiger partial charge in [-0.2, -0.15) is 11.8 Å². The first-order chi connectivity index (χ1) is 8.83. The molecule has 0 radical (unpaired) electrons. The summed E-state index contributed by atoms with van der Waals surface area (Å²) in [5.41, 5.74) is 1.12. The van der Waals surface area contributed by atoms with Crippen molar-refractivity contribution in [3.63, 3.8) is 0 Å². The van der Waals surface area contributed by atoms with Gasteiger partial charge in [0.25, 0.3) is 0 Å². The van der Waals surface area contributed by atoms with E-state index in [0.29, 0.717) is 6.04 Å². The Morgan fingerprint density at radius 3 is 3.28 bits per heavy atom. The van der Waals surface area contributed by atoms with Gasteiger partial charge in [0.15, 0.2) is 0 Å². The van der Waals surface area contributed by atoms with Gasteiger partial charge in [0, 0.05) is 29.0 Å². The smallest absolute Gasteiger partial charge is 0.137 e. The first kappa shape index (κ1) is 14.0. The Labute approximate surface area is 117 Å². The summed E-state index contributed by atoms with van der Waals surface area (Å²) in [5, 5.41) is 3.53. The lowest BCUT2D eigenvalue weighted by Crippen LogP contribution is -2.27. The van der Waals surface area contributed by atoms with E-state index in [1.165, 1.54) is 0 Å². The van der Waals surface area contributed by atoms with Crippen LogP contribution in [-0.4, -0.2) is 23.8 Å². The van der Waals surface area contributed by atoms with Crippen LogP contribution in [0.25, 0.3) is 0 Å². The molecule has 1 nitrogen and oxygen atoms in total. The lowest BCUT2D eigenvalue weighted by molar-refractivity contribution is 0.512. The van der Waals surface area contributed by atoms with Gasteiger partial charge in [-0.25, -0.2) is 4.39 Å². The highest BCUT2D eigenvalue weighted by Crippen LogP contribution is 2.37. The molecule has 1 aliphatic rings. The molecular weight excluding hydrogens is 265 g/mol. The van der Waals surface area contributed by atoms with Gasteiger partial charge in [-0.15, -0.1) is 18.3 Å². The third-order valence-corrected chi connectivity index (χ3v) is 5.02. The van der Waals surface area contributed by atoms with E-state index in [2.05, 4.69) is 11.9 Å². The molecule has 2 rings (SSSR count). The summed E-state index contributed by atoms with van der Waals surface area (Å²) in [6, 6.07) is 5.70. The van der Waals surface area contributed by atoms with E-state index in [4.69, 9.17) is 0 Å². The SMILES string of the molecule is C=CCSCCNC1CCSc2c(F)cccc21. The topological polar surface area (TPSA) is 12.0 Å². The first-order valence-electron chi connectivity index (χ1n) is 6.16. The van der Waals surface area contributed by atoms with Crippen LogP contribution in [-0.2, 0) is 0 Å². The highest BCUT2D eigenvalue weighted by atomic mass is 32.2. The van der Waals surface area contributed by atoms with Crippen molar-refractivity contribution in [1.29, 1.82) is 0 Å². The number of benzene rings is 1. The van der Waals surface area contributed by atoms with E-state index in [0.717, 1.165) is 40.7 Å². The zero-order chi connectivity index (χ0) is 12.8. The lowest BCUT2D eigenvalue weighted by atomic mass is 10.0. The average molecular weight is 283 g/mol. The number of halogens is 1. The number of hydrogen-bond acceptors (Lipinski definition) is 3. The van der Waals surface area contributed by atoms with Crippen LogP contribution in [0.1, 0.15) is 18.0 Å². The zero-order valence-corrected chi connectivity index (χ0v) is 12.0. The van der Waals surface area contributed by atoms with Crippen LogP contribution in [0.3, 0.4) is 0 Å². The van der Waals surface area contributed by atoms with Crippen molar-refractivity contribution in [3.8, 4) is 0 Å². The van der Waals surface area contributed by atoms with Gasteiger partial charge in [0.1, 0.15) is 5.82 Å². The molecule has 0 bridgehead atoms. The number of rotatable bonds is 6.